The van der Waals surface area contributed by atoms with Gasteiger partial charge in [0.1, 0.15) is 10.6 Å². The van der Waals surface area contributed by atoms with E-state index in [4.69, 9.17) is 4.74 Å². The molecule has 0 saturated heterocycles. The lowest BCUT2D eigenvalue weighted by atomic mass is 9.72. The number of amides is 2. The number of rotatable bonds is 5. The van der Waals surface area contributed by atoms with Crippen LogP contribution in [-0.2, 0) is 22.9 Å². The standard InChI is InChI=1S/C23H31N3O5S2/c1-23(2,3)16-8-10-18-15(11-16)12-19(32-18)22(28)25-24-21(27)14-7-9-17(31-6)20(13-14)33(29,30)26(4)5/h7,9,12-13,16H,8,10-11H2,1-6H3,(H,24,27)(H,25,28). The molecular formula is C23H31N3O5S2. The molecule has 180 valence electrons. The van der Waals surface area contributed by atoms with Crippen LogP contribution in [0.2, 0.25) is 0 Å². The monoisotopic (exact) mass is 493 g/mol. The topological polar surface area (TPSA) is 105 Å². The average molecular weight is 494 g/mol. The molecule has 1 aromatic heterocycles. The first-order chi connectivity index (χ1) is 15.3. The van der Waals surface area contributed by atoms with Gasteiger partial charge in [0.25, 0.3) is 11.8 Å². The Hall–Kier alpha value is -2.43. The Kier molecular flexibility index (Phi) is 7.21. The number of nitrogens with zero attached hydrogens (tertiary/aromatic N) is 1. The number of thiophene rings is 1. The van der Waals surface area contributed by atoms with Crippen molar-refractivity contribution in [2.75, 3.05) is 21.2 Å². The highest BCUT2D eigenvalue weighted by Gasteiger charge is 2.30. The first-order valence-corrected chi connectivity index (χ1v) is 12.9. The molecule has 0 spiro atoms. The molecule has 1 aromatic carbocycles. The van der Waals surface area contributed by atoms with E-state index in [0.717, 1.165) is 23.6 Å². The smallest absolute Gasteiger partial charge is 0.279 e. The Labute approximate surface area is 199 Å². The van der Waals surface area contributed by atoms with Gasteiger partial charge >= 0.3 is 0 Å². The molecule has 0 fully saturated rings. The fourth-order valence-corrected chi connectivity index (χ4v) is 6.02. The van der Waals surface area contributed by atoms with Crippen molar-refractivity contribution >= 4 is 33.2 Å². The maximum Gasteiger partial charge on any atom is 0.279 e. The van der Waals surface area contributed by atoms with Gasteiger partial charge in [-0.05, 0) is 60.4 Å². The average Bonchev–Trinajstić information content (AvgIpc) is 3.19. The highest BCUT2D eigenvalue weighted by atomic mass is 32.2. The number of fused-ring (bicyclic) bond motifs is 1. The van der Waals surface area contributed by atoms with Crippen LogP contribution >= 0.6 is 11.3 Å². The largest absolute Gasteiger partial charge is 0.495 e. The zero-order valence-corrected chi connectivity index (χ0v) is 21.4. The molecule has 1 unspecified atom stereocenters. The van der Waals surface area contributed by atoms with E-state index in [9.17, 15) is 18.0 Å². The van der Waals surface area contributed by atoms with Gasteiger partial charge in [-0.3, -0.25) is 20.4 Å². The molecule has 2 aromatic rings. The molecule has 3 rings (SSSR count). The van der Waals surface area contributed by atoms with Gasteiger partial charge in [0, 0.05) is 24.5 Å². The Bertz CT molecular complexity index is 1160. The van der Waals surface area contributed by atoms with E-state index in [1.807, 2.05) is 6.07 Å². The van der Waals surface area contributed by atoms with Gasteiger partial charge in [0.2, 0.25) is 10.0 Å². The maximum absolute atomic E-state index is 12.7. The van der Waals surface area contributed by atoms with Gasteiger partial charge in [0.05, 0.1) is 12.0 Å². The number of ether oxygens (including phenoxy) is 1. The molecule has 2 N–H and O–H groups in total. The van der Waals surface area contributed by atoms with E-state index in [1.165, 1.54) is 61.2 Å². The summed E-state index contributed by atoms with van der Waals surface area (Å²) in [7, 11) is 0.321. The predicted molar refractivity (Wildman–Crippen MR) is 128 cm³/mol. The third-order valence-corrected chi connectivity index (χ3v) is 9.08. The molecule has 0 radical (unpaired) electrons. The van der Waals surface area contributed by atoms with Crippen molar-refractivity contribution in [2.24, 2.45) is 11.3 Å². The number of methoxy groups -OCH3 is 1. The Morgan fingerprint density at radius 3 is 2.39 bits per heavy atom. The molecule has 0 bridgehead atoms. The zero-order chi connectivity index (χ0) is 24.6. The molecule has 1 atom stereocenters. The van der Waals surface area contributed by atoms with Crippen molar-refractivity contribution in [2.45, 2.75) is 44.9 Å². The van der Waals surface area contributed by atoms with Crippen molar-refractivity contribution in [3.05, 3.63) is 45.1 Å². The minimum Gasteiger partial charge on any atom is -0.495 e. The fourth-order valence-electron chi connectivity index (χ4n) is 3.84. The van der Waals surface area contributed by atoms with Gasteiger partial charge in [0.15, 0.2) is 0 Å². The van der Waals surface area contributed by atoms with E-state index >= 15 is 0 Å². The normalized spacial score (nSPS) is 16.3. The number of benzene rings is 1. The number of sulfonamides is 1. The lowest BCUT2D eigenvalue weighted by Crippen LogP contribution is -2.41. The van der Waals surface area contributed by atoms with Crippen molar-refractivity contribution in [3.63, 3.8) is 0 Å². The first kappa shape index (κ1) is 25.2. The molecule has 1 aliphatic carbocycles. The number of hydrazine groups is 1. The molecule has 0 saturated carbocycles. The fraction of sp³-hybridized carbons (Fsp3) is 0.478. The maximum atomic E-state index is 12.7. The molecule has 2 amide bonds. The number of hydrogen-bond acceptors (Lipinski definition) is 6. The molecule has 8 nitrogen and oxygen atoms in total. The number of aryl methyl sites for hydroxylation is 1. The molecule has 0 aliphatic heterocycles. The van der Waals surface area contributed by atoms with Crippen LogP contribution < -0.4 is 15.6 Å². The molecule has 10 heteroatoms. The summed E-state index contributed by atoms with van der Waals surface area (Å²) >= 11 is 1.45. The quantitative estimate of drug-likeness (QED) is 0.623. The highest BCUT2D eigenvalue weighted by Crippen LogP contribution is 2.40. The van der Waals surface area contributed by atoms with Crippen LogP contribution in [0.1, 0.15) is 57.7 Å². The Morgan fingerprint density at radius 2 is 1.79 bits per heavy atom. The third-order valence-electron chi connectivity index (χ3n) is 6.01. The summed E-state index contributed by atoms with van der Waals surface area (Å²) < 4.78 is 31.3. The minimum atomic E-state index is -3.82. The first-order valence-electron chi connectivity index (χ1n) is 10.7. The molecule has 33 heavy (non-hydrogen) atoms. The van der Waals surface area contributed by atoms with Crippen LogP contribution in [0.3, 0.4) is 0 Å². The summed E-state index contributed by atoms with van der Waals surface area (Å²) in [6, 6.07) is 5.98. The highest BCUT2D eigenvalue weighted by molar-refractivity contribution is 7.89. The summed E-state index contributed by atoms with van der Waals surface area (Å²) in [4.78, 5) is 26.9. The van der Waals surface area contributed by atoms with Crippen LogP contribution in [0.4, 0.5) is 0 Å². The lowest BCUT2D eigenvalue weighted by Gasteiger charge is -2.33. The van der Waals surface area contributed by atoms with Crippen LogP contribution in [0.15, 0.2) is 29.2 Å². The van der Waals surface area contributed by atoms with Crippen molar-refractivity contribution in [1.29, 1.82) is 0 Å². The lowest BCUT2D eigenvalue weighted by molar-refractivity contribution is 0.0848. The summed E-state index contributed by atoms with van der Waals surface area (Å²) in [5.41, 5.74) is 6.31. The second-order valence-electron chi connectivity index (χ2n) is 9.43. The summed E-state index contributed by atoms with van der Waals surface area (Å²) in [6.07, 6.45) is 3.00. The summed E-state index contributed by atoms with van der Waals surface area (Å²) in [6.45, 7) is 6.73. The second-order valence-corrected chi connectivity index (χ2v) is 12.7. The molecular weight excluding hydrogens is 462 g/mol. The van der Waals surface area contributed by atoms with Gasteiger partial charge < -0.3 is 4.74 Å². The van der Waals surface area contributed by atoms with Crippen LogP contribution in [0.25, 0.3) is 0 Å². The third kappa shape index (κ3) is 5.39. The Morgan fingerprint density at radius 1 is 1.12 bits per heavy atom. The van der Waals surface area contributed by atoms with E-state index in [1.54, 1.807) is 0 Å². The SMILES string of the molecule is COc1ccc(C(=O)NNC(=O)c2cc3c(s2)CCC(C(C)(C)C)C3)cc1S(=O)(=O)N(C)C. The van der Waals surface area contributed by atoms with Crippen LogP contribution in [0, 0.1) is 11.3 Å². The van der Waals surface area contributed by atoms with Gasteiger partial charge in [-0.15, -0.1) is 11.3 Å². The van der Waals surface area contributed by atoms with Crippen molar-refractivity contribution in [1.82, 2.24) is 15.2 Å². The van der Waals surface area contributed by atoms with Gasteiger partial charge in [-0.25, -0.2) is 12.7 Å². The molecule has 1 aliphatic rings. The summed E-state index contributed by atoms with van der Waals surface area (Å²) in [5, 5.41) is 0. The van der Waals surface area contributed by atoms with E-state index < -0.39 is 21.8 Å². The van der Waals surface area contributed by atoms with Crippen LogP contribution in [-0.4, -0.2) is 45.7 Å². The second kappa shape index (κ2) is 9.44. The Balaban J connectivity index is 1.71. The van der Waals surface area contributed by atoms with E-state index in [-0.39, 0.29) is 21.6 Å². The number of nitrogens with one attached hydrogen (secondary N) is 2. The van der Waals surface area contributed by atoms with Crippen LogP contribution in [0.5, 0.6) is 5.75 Å². The van der Waals surface area contributed by atoms with Crippen molar-refractivity contribution < 1.29 is 22.7 Å². The number of carbonyl (C=O) groups is 2. The van der Waals surface area contributed by atoms with Gasteiger partial charge in [-0.2, -0.15) is 0 Å². The minimum absolute atomic E-state index is 0.0787. The van der Waals surface area contributed by atoms with Crippen molar-refractivity contribution in [3.8, 4) is 5.75 Å². The van der Waals surface area contributed by atoms with E-state index in [0.29, 0.717) is 10.8 Å². The summed E-state index contributed by atoms with van der Waals surface area (Å²) in [5.74, 6) is -0.333. The predicted octanol–water partition coefficient (Wildman–Crippen LogP) is 3.23. The number of carbonyl (C=O) groups excluding carboxylic acids is 2. The van der Waals surface area contributed by atoms with E-state index in [2.05, 4.69) is 31.6 Å². The van der Waals surface area contributed by atoms with Gasteiger partial charge in [-0.1, -0.05) is 20.8 Å². The number of hydrogen-bond donors (Lipinski definition) is 2. The molecule has 1 heterocycles. The zero-order valence-electron chi connectivity index (χ0n) is 19.8.